The summed E-state index contributed by atoms with van der Waals surface area (Å²) in [4.78, 5) is 2.69. The highest BCUT2D eigenvalue weighted by Gasteiger charge is 2.45. The first-order valence-corrected chi connectivity index (χ1v) is 7.88. The van der Waals surface area contributed by atoms with Gasteiger partial charge in [0.15, 0.2) is 0 Å². The van der Waals surface area contributed by atoms with Gasteiger partial charge >= 0.3 is 0 Å². The topological polar surface area (TPSA) is 29.3 Å². The molecule has 2 heteroatoms. The lowest BCUT2D eigenvalue weighted by Crippen LogP contribution is -2.54. The molecule has 0 aromatic carbocycles. The van der Waals surface area contributed by atoms with Crippen LogP contribution in [0.5, 0.6) is 0 Å². The van der Waals surface area contributed by atoms with Gasteiger partial charge in [0.05, 0.1) is 0 Å². The molecule has 2 nitrogen and oxygen atoms in total. The third-order valence-electron chi connectivity index (χ3n) is 5.14. The van der Waals surface area contributed by atoms with Crippen LogP contribution in [0, 0.1) is 11.3 Å². The quantitative estimate of drug-likeness (QED) is 0.751. The third kappa shape index (κ3) is 3.48. The highest BCUT2D eigenvalue weighted by atomic mass is 15.2. The zero-order valence-electron chi connectivity index (χ0n) is 13.3. The largest absolute Gasteiger partial charge is 0.329 e. The van der Waals surface area contributed by atoms with Gasteiger partial charge in [-0.1, -0.05) is 47.5 Å². The Morgan fingerprint density at radius 3 is 2.06 bits per heavy atom. The van der Waals surface area contributed by atoms with Crippen molar-refractivity contribution in [3.05, 3.63) is 0 Å². The molecule has 1 atom stereocenters. The van der Waals surface area contributed by atoms with Gasteiger partial charge in [-0.25, -0.2) is 0 Å². The van der Waals surface area contributed by atoms with Crippen LogP contribution in [0.1, 0.15) is 66.7 Å². The third-order valence-corrected chi connectivity index (χ3v) is 5.14. The monoisotopic (exact) mass is 254 g/mol. The van der Waals surface area contributed by atoms with Gasteiger partial charge in [-0.05, 0) is 37.1 Å². The molecule has 0 bridgehead atoms. The smallest absolute Gasteiger partial charge is 0.0337 e. The van der Waals surface area contributed by atoms with Crippen LogP contribution in [0.4, 0.5) is 0 Å². The van der Waals surface area contributed by atoms with Crippen LogP contribution in [-0.2, 0) is 0 Å². The van der Waals surface area contributed by atoms with Crippen molar-refractivity contribution in [2.24, 2.45) is 17.1 Å². The minimum Gasteiger partial charge on any atom is -0.329 e. The Balaban J connectivity index is 2.78. The Morgan fingerprint density at radius 2 is 1.72 bits per heavy atom. The molecule has 0 radical (unpaired) electrons. The van der Waals surface area contributed by atoms with E-state index >= 15 is 0 Å². The molecule has 1 rings (SSSR count). The molecule has 2 N–H and O–H groups in total. The van der Waals surface area contributed by atoms with Crippen molar-refractivity contribution in [3.8, 4) is 0 Å². The predicted molar refractivity (Wildman–Crippen MR) is 80.7 cm³/mol. The average Bonchev–Trinajstić information content (AvgIpc) is 2.68. The second kappa shape index (κ2) is 6.38. The van der Waals surface area contributed by atoms with Gasteiger partial charge in [0.25, 0.3) is 0 Å². The molecule has 1 aliphatic carbocycles. The molecular formula is C16H34N2. The number of hydrogen-bond acceptors (Lipinski definition) is 2. The van der Waals surface area contributed by atoms with E-state index in [4.69, 9.17) is 5.73 Å². The van der Waals surface area contributed by atoms with Crippen LogP contribution in [0.2, 0.25) is 0 Å². The molecule has 0 heterocycles. The summed E-state index contributed by atoms with van der Waals surface area (Å²) in [5, 5.41) is 0. The van der Waals surface area contributed by atoms with E-state index < -0.39 is 0 Å². The van der Waals surface area contributed by atoms with E-state index in [1.807, 2.05) is 0 Å². The van der Waals surface area contributed by atoms with Gasteiger partial charge in [0.1, 0.15) is 0 Å². The van der Waals surface area contributed by atoms with Crippen LogP contribution < -0.4 is 5.73 Å². The molecule has 0 aromatic heterocycles. The summed E-state index contributed by atoms with van der Waals surface area (Å²) >= 11 is 0. The molecule has 1 fully saturated rings. The second-order valence-electron chi connectivity index (χ2n) is 6.99. The molecule has 1 aliphatic rings. The Labute approximate surface area is 114 Å². The maximum Gasteiger partial charge on any atom is 0.0337 e. The molecule has 18 heavy (non-hydrogen) atoms. The van der Waals surface area contributed by atoms with E-state index in [2.05, 4.69) is 39.5 Å². The van der Waals surface area contributed by atoms with E-state index in [0.717, 1.165) is 19.0 Å². The number of hydrogen-bond donors (Lipinski definition) is 1. The SMILES string of the molecule is CCC(CC)CN(CC)C1(CN)CCC(C)(C)C1. The number of likely N-dealkylation sites (N-methyl/N-ethyl adjacent to an activating group) is 1. The van der Waals surface area contributed by atoms with E-state index in [9.17, 15) is 0 Å². The van der Waals surface area contributed by atoms with Gasteiger partial charge in [-0.2, -0.15) is 0 Å². The minimum atomic E-state index is 0.279. The Bertz CT molecular complexity index is 245. The molecule has 0 spiro atoms. The highest BCUT2D eigenvalue weighted by Crippen LogP contribution is 2.46. The number of rotatable bonds is 7. The highest BCUT2D eigenvalue weighted by molar-refractivity contribution is 5.02. The molecule has 0 aromatic rings. The lowest BCUT2D eigenvalue weighted by atomic mass is 9.86. The fourth-order valence-corrected chi connectivity index (χ4v) is 3.73. The van der Waals surface area contributed by atoms with Gasteiger partial charge in [0.2, 0.25) is 0 Å². The van der Waals surface area contributed by atoms with Crippen molar-refractivity contribution in [3.63, 3.8) is 0 Å². The summed E-state index contributed by atoms with van der Waals surface area (Å²) in [5.41, 5.74) is 6.93. The molecule has 108 valence electrons. The molecule has 1 saturated carbocycles. The fraction of sp³-hybridized carbons (Fsp3) is 1.00. The van der Waals surface area contributed by atoms with Crippen molar-refractivity contribution >= 4 is 0 Å². The molecule has 0 aliphatic heterocycles. The van der Waals surface area contributed by atoms with Crippen molar-refractivity contribution in [1.82, 2.24) is 4.90 Å². The first kappa shape index (κ1) is 16.0. The zero-order chi connectivity index (χ0) is 13.8. The standard InChI is InChI=1S/C16H34N2/c1-6-14(7-2)11-18(8-3)16(13-17)10-9-15(4,5)12-16/h14H,6-13,17H2,1-5H3. The summed E-state index contributed by atoms with van der Waals surface area (Å²) in [7, 11) is 0. The van der Waals surface area contributed by atoms with E-state index in [1.54, 1.807) is 0 Å². The first-order chi connectivity index (χ1) is 8.43. The van der Waals surface area contributed by atoms with Crippen molar-refractivity contribution < 1.29 is 0 Å². The second-order valence-corrected chi connectivity index (χ2v) is 6.99. The van der Waals surface area contributed by atoms with Gasteiger partial charge in [-0.3, -0.25) is 4.90 Å². The van der Waals surface area contributed by atoms with Crippen molar-refractivity contribution in [2.75, 3.05) is 19.6 Å². The van der Waals surface area contributed by atoms with Crippen LogP contribution in [0.15, 0.2) is 0 Å². The van der Waals surface area contributed by atoms with Gasteiger partial charge in [0, 0.05) is 18.6 Å². The summed E-state index contributed by atoms with van der Waals surface area (Å²) in [5.74, 6) is 0.831. The summed E-state index contributed by atoms with van der Waals surface area (Å²) in [6.07, 6.45) is 6.45. The Kier molecular flexibility index (Phi) is 5.67. The van der Waals surface area contributed by atoms with E-state index in [1.165, 1.54) is 38.6 Å². The Morgan fingerprint density at radius 1 is 1.11 bits per heavy atom. The lowest BCUT2D eigenvalue weighted by Gasteiger charge is -2.43. The van der Waals surface area contributed by atoms with E-state index in [-0.39, 0.29) is 5.54 Å². The molecule has 0 amide bonds. The van der Waals surface area contributed by atoms with Crippen LogP contribution in [0.25, 0.3) is 0 Å². The fourth-order valence-electron chi connectivity index (χ4n) is 3.73. The summed E-state index contributed by atoms with van der Waals surface area (Å²) in [6.45, 7) is 14.9. The zero-order valence-corrected chi connectivity index (χ0v) is 13.3. The van der Waals surface area contributed by atoms with Crippen molar-refractivity contribution in [1.29, 1.82) is 0 Å². The molecular weight excluding hydrogens is 220 g/mol. The first-order valence-electron chi connectivity index (χ1n) is 7.88. The van der Waals surface area contributed by atoms with E-state index in [0.29, 0.717) is 5.41 Å². The van der Waals surface area contributed by atoms with Crippen LogP contribution >= 0.6 is 0 Å². The Hall–Kier alpha value is -0.0800. The molecule has 1 unspecified atom stereocenters. The normalized spacial score (nSPS) is 27.3. The predicted octanol–water partition coefficient (Wildman–Crippen LogP) is 3.65. The number of nitrogens with zero attached hydrogens (tertiary/aromatic N) is 1. The molecule has 0 saturated heterocycles. The average molecular weight is 254 g/mol. The lowest BCUT2D eigenvalue weighted by molar-refractivity contribution is 0.0747. The van der Waals surface area contributed by atoms with Crippen LogP contribution in [0.3, 0.4) is 0 Å². The van der Waals surface area contributed by atoms with Gasteiger partial charge in [-0.15, -0.1) is 0 Å². The minimum absolute atomic E-state index is 0.279. The van der Waals surface area contributed by atoms with Crippen LogP contribution in [-0.4, -0.2) is 30.1 Å². The number of nitrogens with two attached hydrogens (primary N) is 1. The maximum atomic E-state index is 6.18. The maximum absolute atomic E-state index is 6.18. The van der Waals surface area contributed by atoms with Gasteiger partial charge < -0.3 is 5.73 Å². The summed E-state index contributed by atoms with van der Waals surface area (Å²) < 4.78 is 0. The summed E-state index contributed by atoms with van der Waals surface area (Å²) in [6, 6.07) is 0. The van der Waals surface area contributed by atoms with Crippen molar-refractivity contribution in [2.45, 2.75) is 72.3 Å².